The van der Waals surface area contributed by atoms with Crippen LogP contribution in [0.5, 0.6) is 0 Å². The van der Waals surface area contributed by atoms with E-state index in [0.29, 0.717) is 12.2 Å². The second kappa shape index (κ2) is 5.84. The van der Waals surface area contributed by atoms with Gasteiger partial charge in [-0.25, -0.2) is 0 Å². The van der Waals surface area contributed by atoms with Crippen molar-refractivity contribution < 1.29 is 4.79 Å². The molecule has 3 atom stereocenters. The van der Waals surface area contributed by atoms with Crippen LogP contribution in [0.2, 0.25) is 0 Å². The van der Waals surface area contributed by atoms with Crippen LogP contribution in [-0.2, 0) is 4.79 Å². The van der Waals surface area contributed by atoms with Crippen molar-refractivity contribution in [2.75, 3.05) is 0 Å². The van der Waals surface area contributed by atoms with Crippen molar-refractivity contribution in [1.29, 1.82) is 0 Å². The Morgan fingerprint density at radius 2 is 1.56 bits per heavy atom. The Bertz CT molecular complexity index is 846. The number of hydrogen-bond donors (Lipinski definition) is 0. The first-order chi connectivity index (χ1) is 12.0. The van der Waals surface area contributed by atoms with Gasteiger partial charge in [0.1, 0.15) is 5.78 Å². The Morgan fingerprint density at radius 1 is 0.920 bits per heavy atom. The number of benzene rings is 2. The first-order valence-corrected chi connectivity index (χ1v) is 9.06. The number of allylic oxidation sites excluding steroid dienone is 3. The highest BCUT2D eigenvalue weighted by molar-refractivity contribution is 5.90. The molecule has 1 fully saturated rings. The zero-order valence-corrected chi connectivity index (χ0v) is 14.9. The molecule has 2 aliphatic carbocycles. The summed E-state index contributed by atoms with van der Waals surface area (Å²) >= 11 is 0. The van der Waals surface area contributed by atoms with Gasteiger partial charge in [-0.05, 0) is 30.0 Å². The third-order valence-electron chi connectivity index (χ3n) is 6.12. The van der Waals surface area contributed by atoms with E-state index in [9.17, 15) is 4.79 Å². The molecule has 1 heteroatoms. The Kier molecular flexibility index (Phi) is 3.76. The largest absolute Gasteiger partial charge is 0.299 e. The molecule has 0 heterocycles. The van der Waals surface area contributed by atoms with Gasteiger partial charge in [0.2, 0.25) is 0 Å². The number of hydrogen-bond acceptors (Lipinski definition) is 1. The number of fused-ring (bicyclic) bond motifs is 2. The van der Waals surface area contributed by atoms with E-state index in [2.05, 4.69) is 80.6 Å². The molecule has 2 aromatic carbocycles. The molecule has 0 N–H and O–H groups in total. The van der Waals surface area contributed by atoms with Gasteiger partial charge >= 0.3 is 0 Å². The maximum atomic E-state index is 12.9. The number of Topliss-reactive ketones (excluding diaryl/α,β-unsaturated/α-hetero) is 1. The van der Waals surface area contributed by atoms with Crippen molar-refractivity contribution in [2.24, 2.45) is 10.8 Å². The molecule has 4 rings (SSSR count). The molecule has 2 bridgehead atoms. The van der Waals surface area contributed by atoms with Crippen LogP contribution in [-0.4, -0.2) is 5.78 Å². The molecule has 0 radical (unpaired) electrons. The molecule has 0 unspecified atom stereocenters. The molecule has 2 aliphatic rings. The smallest absolute Gasteiger partial charge is 0.143 e. The van der Waals surface area contributed by atoms with Gasteiger partial charge in [0.25, 0.3) is 0 Å². The molecular weight excluding hydrogens is 304 g/mol. The van der Waals surface area contributed by atoms with Crippen LogP contribution in [0.15, 0.2) is 78.4 Å². The van der Waals surface area contributed by atoms with Crippen molar-refractivity contribution in [3.63, 3.8) is 0 Å². The molecular formula is C24H24O. The molecule has 1 saturated carbocycles. The Labute approximate surface area is 150 Å². The van der Waals surface area contributed by atoms with Crippen molar-refractivity contribution in [3.05, 3.63) is 89.5 Å². The lowest BCUT2D eigenvalue weighted by Crippen LogP contribution is -2.39. The average Bonchev–Trinajstić information content (AvgIpc) is 2.87. The summed E-state index contributed by atoms with van der Waals surface area (Å²) in [6.45, 7) is 4.45. The highest BCUT2D eigenvalue weighted by atomic mass is 16.1. The van der Waals surface area contributed by atoms with Gasteiger partial charge in [0, 0.05) is 23.2 Å². The zero-order valence-electron chi connectivity index (χ0n) is 14.9. The summed E-state index contributed by atoms with van der Waals surface area (Å²) in [6, 6.07) is 20.9. The second-order valence-electron chi connectivity index (χ2n) is 7.95. The van der Waals surface area contributed by atoms with Crippen LogP contribution in [0.25, 0.3) is 6.08 Å². The number of carbonyl (C=O) groups is 1. The molecule has 1 nitrogen and oxygen atoms in total. The van der Waals surface area contributed by atoms with E-state index in [-0.39, 0.29) is 16.7 Å². The van der Waals surface area contributed by atoms with Gasteiger partial charge in [-0.3, -0.25) is 4.79 Å². The van der Waals surface area contributed by atoms with Crippen LogP contribution < -0.4 is 0 Å². The highest BCUT2D eigenvalue weighted by Crippen LogP contribution is 2.61. The molecule has 126 valence electrons. The number of carbonyl (C=O) groups excluding carboxylic acids is 1. The summed E-state index contributed by atoms with van der Waals surface area (Å²) in [5.41, 5.74) is 3.48. The summed E-state index contributed by atoms with van der Waals surface area (Å²) in [6.07, 6.45) is 8.18. The van der Waals surface area contributed by atoms with E-state index in [1.165, 1.54) is 16.7 Å². The monoisotopic (exact) mass is 328 g/mol. The van der Waals surface area contributed by atoms with E-state index in [1.807, 2.05) is 12.1 Å². The fraction of sp³-hybridized carbons (Fsp3) is 0.292. The van der Waals surface area contributed by atoms with E-state index >= 15 is 0 Å². The first-order valence-electron chi connectivity index (χ1n) is 9.06. The lowest BCUT2D eigenvalue weighted by molar-refractivity contribution is -0.130. The third-order valence-corrected chi connectivity index (χ3v) is 6.12. The van der Waals surface area contributed by atoms with Gasteiger partial charge in [-0.2, -0.15) is 0 Å². The Balaban J connectivity index is 1.75. The van der Waals surface area contributed by atoms with E-state index in [1.54, 1.807) is 0 Å². The summed E-state index contributed by atoms with van der Waals surface area (Å²) in [7, 11) is 0. The van der Waals surface area contributed by atoms with Crippen LogP contribution in [0.3, 0.4) is 0 Å². The summed E-state index contributed by atoms with van der Waals surface area (Å²) in [5, 5.41) is 0. The highest BCUT2D eigenvalue weighted by Gasteiger charge is 2.55. The van der Waals surface area contributed by atoms with Crippen LogP contribution in [0, 0.1) is 10.8 Å². The molecule has 0 aromatic heterocycles. The number of ketones is 1. The van der Waals surface area contributed by atoms with Gasteiger partial charge in [0.05, 0.1) is 0 Å². The number of rotatable bonds is 3. The summed E-state index contributed by atoms with van der Waals surface area (Å²) in [4.78, 5) is 12.9. The Hall–Kier alpha value is -2.41. The Morgan fingerprint density at radius 3 is 2.24 bits per heavy atom. The van der Waals surface area contributed by atoms with Gasteiger partial charge in [0.15, 0.2) is 0 Å². The average molecular weight is 328 g/mol. The molecule has 0 aliphatic heterocycles. The summed E-state index contributed by atoms with van der Waals surface area (Å²) in [5.74, 6) is 0.630. The minimum absolute atomic E-state index is 0.00922. The standard InChI is InChI=1S/C24H24O/c1-23-16-20(14-13-18-9-5-3-6-10-18)24(2,17-23)21(15-22(23)25)19-11-7-4-8-12-19/h3-14,16,21H,15,17H2,1-2H3/b14-13+/t21-,23+,24-/m0/s1. The predicted molar refractivity (Wildman–Crippen MR) is 103 cm³/mol. The molecule has 0 spiro atoms. The minimum atomic E-state index is -0.309. The molecule has 0 amide bonds. The first kappa shape index (κ1) is 16.1. The van der Waals surface area contributed by atoms with E-state index < -0.39 is 0 Å². The molecule has 0 saturated heterocycles. The molecule has 25 heavy (non-hydrogen) atoms. The van der Waals surface area contributed by atoms with Crippen LogP contribution in [0.1, 0.15) is 43.7 Å². The fourth-order valence-corrected chi connectivity index (χ4v) is 4.73. The van der Waals surface area contributed by atoms with E-state index in [0.717, 1.165) is 6.42 Å². The lowest BCUT2D eigenvalue weighted by atomic mass is 9.59. The van der Waals surface area contributed by atoms with Crippen molar-refractivity contribution in [3.8, 4) is 0 Å². The van der Waals surface area contributed by atoms with Crippen molar-refractivity contribution >= 4 is 11.9 Å². The van der Waals surface area contributed by atoms with Gasteiger partial charge < -0.3 is 0 Å². The third kappa shape index (κ3) is 2.68. The topological polar surface area (TPSA) is 17.1 Å². The fourth-order valence-electron chi connectivity index (χ4n) is 4.73. The molecule has 2 aromatic rings. The van der Waals surface area contributed by atoms with Crippen LogP contribution in [0.4, 0.5) is 0 Å². The zero-order chi connectivity index (χ0) is 17.5. The van der Waals surface area contributed by atoms with Crippen LogP contribution >= 0.6 is 0 Å². The van der Waals surface area contributed by atoms with Crippen molar-refractivity contribution in [2.45, 2.75) is 32.6 Å². The SMILES string of the molecule is C[C@]12C[C@@](C)(C=C1/C=C/c1ccccc1)C(=O)C[C@H]2c1ccccc1. The predicted octanol–water partition coefficient (Wildman–Crippen LogP) is 5.80. The maximum absolute atomic E-state index is 12.9. The second-order valence-corrected chi connectivity index (χ2v) is 7.95. The summed E-state index contributed by atoms with van der Waals surface area (Å²) < 4.78 is 0. The van der Waals surface area contributed by atoms with E-state index in [4.69, 9.17) is 0 Å². The van der Waals surface area contributed by atoms with Gasteiger partial charge in [-0.15, -0.1) is 0 Å². The van der Waals surface area contributed by atoms with Gasteiger partial charge in [-0.1, -0.05) is 85.8 Å². The normalized spacial score (nSPS) is 31.4. The quantitative estimate of drug-likeness (QED) is 0.696. The maximum Gasteiger partial charge on any atom is 0.143 e. The minimum Gasteiger partial charge on any atom is -0.299 e. The van der Waals surface area contributed by atoms with Crippen molar-refractivity contribution in [1.82, 2.24) is 0 Å². The lowest BCUT2D eigenvalue weighted by Gasteiger charge is -2.43.